The van der Waals surface area contributed by atoms with Gasteiger partial charge in [0, 0.05) is 25.6 Å². The molecule has 2 amide bonds. The van der Waals surface area contributed by atoms with Crippen LogP contribution >= 0.6 is 0 Å². The molecule has 0 aromatic carbocycles. The molecule has 0 aromatic heterocycles. The van der Waals surface area contributed by atoms with Crippen LogP contribution in [0.1, 0.15) is 26.7 Å². The lowest BCUT2D eigenvalue weighted by atomic mass is 10.0. The SMILES string of the molecule is CC(C)CC(CN(C)C)NC(=O)N[C@H](CCO)C(=O)O. The molecule has 20 heavy (non-hydrogen) atoms. The van der Waals surface area contributed by atoms with Crippen molar-refractivity contribution in [3.63, 3.8) is 0 Å². The summed E-state index contributed by atoms with van der Waals surface area (Å²) in [7, 11) is 3.83. The zero-order chi connectivity index (χ0) is 15.7. The number of likely N-dealkylation sites (N-methyl/N-ethyl adjacent to an activating group) is 1. The quantitative estimate of drug-likeness (QED) is 0.482. The maximum absolute atomic E-state index is 11.8. The highest BCUT2D eigenvalue weighted by atomic mass is 16.4. The fourth-order valence-electron chi connectivity index (χ4n) is 1.96. The van der Waals surface area contributed by atoms with E-state index in [0.29, 0.717) is 12.5 Å². The minimum Gasteiger partial charge on any atom is -0.480 e. The van der Waals surface area contributed by atoms with Gasteiger partial charge in [0.05, 0.1) is 0 Å². The van der Waals surface area contributed by atoms with Gasteiger partial charge in [0.2, 0.25) is 0 Å². The molecule has 0 aliphatic carbocycles. The second-order valence-corrected chi connectivity index (χ2v) is 5.61. The van der Waals surface area contributed by atoms with Crippen molar-refractivity contribution in [3.8, 4) is 0 Å². The highest BCUT2D eigenvalue weighted by molar-refractivity contribution is 5.82. The number of urea groups is 1. The molecule has 7 nitrogen and oxygen atoms in total. The summed E-state index contributed by atoms with van der Waals surface area (Å²) in [5.41, 5.74) is 0. The zero-order valence-corrected chi connectivity index (χ0v) is 12.7. The lowest BCUT2D eigenvalue weighted by molar-refractivity contribution is -0.139. The lowest BCUT2D eigenvalue weighted by Gasteiger charge is -2.25. The van der Waals surface area contributed by atoms with Gasteiger partial charge in [-0.05, 0) is 26.4 Å². The largest absolute Gasteiger partial charge is 0.480 e. The molecule has 0 aliphatic heterocycles. The summed E-state index contributed by atoms with van der Waals surface area (Å²) in [5, 5.41) is 22.8. The highest BCUT2D eigenvalue weighted by Gasteiger charge is 2.21. The summed E-state index contributed by atoms with van der Waals surface area (Å²) >= 11 is 0. The number of aliphatic hydroxyl groups is 1. The standard InChI is InChI=1S/C13H27N3O4/c1-9(2)7-10(8-16(3)4)14-13(20)15-11(5-6-17)12(18)19/h9-11,17H,5-8H2,1-4H3,(H,18,19)(H2,14,15,20)/t10?,11-/m1/s1. The molecule has 0 rings (SSSR count). The number of carbonyl (C=O) groups is 2. The van der Waals surface area contributed by atoms with E-state index in [1.165, 1.54) is 0 Å². The van der Waals surface area contributed by atoms with E-state index >= 15 is 0 Å². The summed E-state index contributed by atoms with van der Waals surface area (Å²) < 4.78 is 0. The third-order valence-corrected chi connectivity index (χ3v) is 2.70. The van der Waals surface area contributed by atoms with Crippen LogP contribution in [0.5, 0.6) is 0 Å². The van der Waals surface area contributed by atoms with Crippen molar-refractivity contribution in [2.24, 2.45) is 5.92 Å². The molecule has 4 N–H and O–H groups in total. The Balaban J connectivity index is 4.45. The molecule has 2 atom stereocenters. The summed E-state index contributed by atoms with van der Waals surface area (Å²) in [6.07, 6.45) is 0.800. The van der Waals surface area contributed by atoms with E-state index in [1.54, 1.807) is 0 Å². The topological polar surface area (TPSA) is 102 Å². The van der Waals surface area contributed by atoms with E-state index in [1.807, 2.05) is 19.0 Å². The van der Waals surface area contributed by atoms with Crippen LogP contribution in [0.15, 0.2) is 0 Å². The number of nitrogens with zero attached hydrogens (tertiary/aromatic N) is 1. The van der Waals surface area contributed by atoms with Crippen molar-refractivity contribution in [2.45, 2.75) is 38.8 Å². The van der Waals surface area contributed by atoms with E-state index in [4.69, 9.17) is 10.2 Å². The Morgan fingerprint density at radius 1 is 1.20 bits per heavy atom. The Hall–Kier alpha value is -1.34. The smallest absolute Gasteiger partial charge is 0.326 e. The highest BCUT2D eigenvalue weighted by Crippen LogP contribution is 2.05. The number of amides is 2. The van der Waals surface area contributed by atoms with Crippen molar-refractivity contribution < 1.29 is 19.8 Å². The predicted molar refractivity (Wildman–Crippen MR) is 76.6 cm³/mol. The molecule has 0 radical (unpaired) electrons. The van der Waals surface area contributed by atoms with Gasteiger partial charge in [-0.3, -0.25) is 0 Å². The zero-order valence-electron chi connectivity index (χ0n) is 12.7. The fraction of sp³-hybridized carbons (Fsp3) is 0.846. The summed E-state index contributed by atoms with van der Waals surface area (Å²) in [4.78, 5) is 24.7. The van der Waals surface area contributed by atoms with E-state index < -0.39 is 18.0 Å². The summed E-state index contributed by atoms with van der Waals surface area (Å²) in [6.45, 7) is 4.52. The predicted octanol–water partition coefficient (Wildman–Crippen LogP) is 0.0975. The number of carboxylic acids is 1. The van der Waals surface area contributed by atoms with Crippen molar-refractivity contribution in [3.05, 3.63) is 0 Å². The van der Waals surface area contributed by atoms with Gasteiger partial charge in [0.25, 0.3) is 0 Å². The van der Waals surface area contributed by atoms with Gasteiger partial charge >= 0.3 is 12.0 Å². The lowest BCUT2D eigenvalue weighted by Crippen LogP contribution is -2.51. The molecule has 0 aromatic rings. The van der Waals surface area contributed by atoms with Gasteiger partial charge in [-0.25, -0.2) is 9.59 Å². The second kappa shape index (κ2) is 9.55. The fourth-order valence-corrected chi connectivity index (χ4v) is 1.96. The maximum atomic E-state index is 11.8. The Labute approximate surface area is 120 Å². The molecule has 0 heterocycles. The average Bonchev–Trinajstić information content (AvgIpc) is 2.25. The van der Waals surface area contributed by atoms with E-state index in [0.717, 1.165) is 6.42 Å². The number of hydrogen-bond donors (Lipinski definition) is 4. The number of aliphatic hydroxyl groups excluding tert-OH is 1. The van der Waals surface area contributed by atoms with Crippen molar-refractivity contribution in [1.29, 1.82) is 0 Å². The van der Waals surface area contributed by atoms with E-state index in [-0.39, 0.29) is 19.1 Å². The Kier molecular flexibility index (Phi) is 8.91. The van der Waals surface area contributed by atoms with Crippen LogP contribution in [0.2, 0.25) is 0 Å². The Morgan fingerprint density at radius 2 is 1.80 bits per heavy atom. The van der Waals surface area contributed by atoms with Crippen LogP contribution in [-0.4, -0.2) is 66.4 Å². The summed E-state index contributed by atoms with van der Waals surface area (Å²) in [5.74, 6) is -0.727. The molecule has 0 fully saturated rings. The number of nitrogens with one attached hydrogen (secondary N) is 2. The molecule has 0 bridgehead atoms. The second-order valence-electron chi connectivity index (χ2n) is 5.61. The summed E-state index contributed by atoms with van der Waals surface area (Å²) in [6, 6.07) is -1.63. The molecule has 0 spiro atoms. The van der Waals surface area contributed by atoms with E-state index in [9.17, 15) is 9.59 Å². The Morgan fingerprint density at radius 3 is 2.20 bits per heavy atom. The molecule has 0 saturated heterocycles. The molecule has 7 heteroatoms. The van der Waals surface area contributed by atoms with Gasteiger partial charge < -0.3 is 25.7 Å². The van der Waals surface area contributed by atoms with Crippen LogP contribution in [0.25, 0.3) is 0 Å². The molecule has 1 unspecified atom stereocenters. The number of carboxylic acid groups (broad SMARTS) is 1. The van der Waals surface area contributed by atoms with Gasteiger partial charge in [-0.2, -0.15) is 0 Å². The average molecular weight is 289 g/mol. The monoisotopic (exact) mass is 289 g/mol. The van der Waals surface area contributed by atoms with Crippen molar-refractivity contribution in [2.75, 3.05) is 27.2 Å². The third kappa shape index (κ3) is 8.71. The number of aliphatic carboxylic acids is 1. The van der Waals surface area contributed by atoms with Gasteiger partial charge in [-0.15, -0.1) is 0 Å². The molecule has 0 aliphatic rings. The van der Waals surface area contributed by atoms with Crippen LogP contribution in [0.3, 0.4) is 0 Å². The maximum Gasteiger partial charge on any atom is 0.326 e. The van der Waals surface area contributed by atoms with Crippen LogP contribution in [0, 0.1) is 5.92 Å². The van der Waals surface area contributed by atoms with Gasteiger partial charge in [0.1, 0.15) is 6.04 Å². The van der Waals surface area contributed by atoms with E-state index in [2.05, 4.69) is 24.5 Å². The molecular weight excluding hydrogens is 262 g/mol. The number of rotatable bonds is 9. The molecular formula is C13H27N3O4. The van der Waals surface area contributed by atoms with Crippen LogP contribution in [-0.2, 0) is 4.79 Å². The van der Waals surface area contributed by atoms with Crippen molar-refractivity contribution in [1.82, 2.24) is 15.5 Å². The number of hydrogen-bond acceptors (Lipinski definition) is 4. The van der Waals surface area contributed by atoms with Crippen LogP contribution in [0.4, 0.5) is 4.79 Å². The van der Waals surface area contributed by atoms with Gasteiger partial charge in [-0.1, -0.05) is 13.8 Å². The van der Waals surface area contributed by atoms with Crippen molar-refractivity contribution >= 4 is 12.0 Å². The van der Waals surface area contributed by atoms with Crippen LogP contribution < -0.4 is 10.6 Å². The Bertz CT molecular complexity index is 298. The molecule has 0 saturated carbocycles. The minimum atomic E-state index is -1.15. The first-order chi connectivity index (χ1) is 9.26. The first kappa shape index (κ1) is 18.7. The first-order valence-electron chi connectivity index (χ1n) is 6.81. The minimum absolute atomic E-state index is 0.00865. The normalized spacial score (nSPS) is 14.2. The first-order valence-corrected chi connectivity index (χ1v) is 6.81. The van der Waals surface area contributed by atoms with Gasteiger partial charge in [0.15, 0.2) is 0 Å². The molecule has 118 valence electrons. The number of carbonyl (C=O) groups excluding carboxylic acids is 1. The third-order valence-electron chi connectivity index (χ3n) is 2.70.